The Hall–Kier alpha value is -3.03. The number of ether oxygens (including phenoxy) is 2. The maximum absolute atomic E-state index is 12.9. The first kappa shape index (κ1) is 19.7. The van der Waals surface area contributed by atoms with E-state index in [0.717, 1.165) is 29.3 Å². The van der Waals surface area contributed by atoms with E-state index in [1.807, 2.05) is 18.2 Å². The van der Waals surface area contributed by atoms with Gasteiger partial charge in [0.2, 0.25) is 0 Å². The zero-order valence-electron chi connectivity index (χ0n) is 15.0. The predicted molar refractivity (Wildman–Crippen MR) is 93.6 cm³/mol. The highest BCUT2D eigenvalue weighted by Gasteiger charge is 2.37. The predicted octanol–water partition coefficient (Wildman–Crippen LogP) is 4.19. The molecule has 0 spiro atoms. The lowest BCUT2D eigenvalue weighted by atomic mass is 9.94. The highest BCUT2D eigenvalue weighted by atomic mass is 19.4. The molecule has 1 unspecified atom stereocenters. The van der Waals surface area contributed by atoms with Crippen LogP contribution in [0.5, 0.6) is 5.75 Å². The Morgan fingerprint density at radius 1 is 1.11 bits per heavy atom. The quantitative estimate of drug-likeness (QED) is 0.734. The lowest BCUT2D eigenvalue weighted by Gasteiger charge is -2.34. The Morgan fingerprint density at radius 3 is 2.50 bits per heavy atom. The van der Waals surface area contributed by atoms with Crippen molar-refractivity contribution >= 4 is 12.1 Å². The van der Waals surface area contributed by atoms with Crippen LogP contribution in [0, 0.1) is 0 Å². The van der Waals surface area contributed by atoms with Crippen molar-refractivity contribution in [2.24, 2.45) is 0 Å². The molecule has 148 valence electrons. The molecule has 0 aliphatic carbocycles. The summed E-state index contributed by atoms with van der Waals surface area (Å²) in [5.41, 5.74) is 0.816. The fourth-order valence-electron chi connectivity index (χ4n) is 3.06. The molecule has 2 aromatic carbocycles. The van der Waals surface area contributed by atoms with Crippen LogP contribution in [0.2, 0.25) is 0 Å². The number of carbonyl (C=O) groups is 2. The Bertz CT molecular complexity index is 882. The molecule has 0 bridgehead atoms. The van der Waals surface area contributed by atoms with Crippen LogP contribution in [0.15, 0.2) is 48.5 Å². The van der Waals surface area contributed by atoms with Crippen LogP contribution in [0.3, 0.4) is 0 Å². The monoisotopic (exact) mass is 393 g/mol. The van der Waals surface area contributed by atoms with Gasteiger partial charge < -0.3 is 9.47 Å². The molecule has 0 saturated carbocycles. The minimum Gasteiger partial charge on any atom is -0.464 e. The van der Waals surface area contributed by atoms with E-state index >= 15 is 0 Å². The molecule has 0 N–H and O–H groups in total. The SMILES string of the molecule is CCOC(=O)C1Cc2ccccc2CN1C(=O)Oc1cccc(C(F)(F)F)c1. The first-order valence-corrected chi connectivity index (χ1v) is 8.68. The van der Waals surface area contributed by atoms with E-state index in [2.05, 4.69) is 0 Å². The van der Waals surface area contributed by atoms with E-state index < -0.39 is 29.8 Å². The van der Waals surface area contributed by atoms with Crippen molar-refractivity contribution in [3.8, 4) is 5.75 Å². The molecule has 3 rings (SSSR count). The summed E-state index contributed by atoms with van der Waals surface area (Å²) in [5, 5.41) is 0. The maximum atomic E-state index is 12.9. The average molecular weight is 393 g/mol. The van der Waals surface area contributed by atoms with Crippen molar-refractivity contribution in [3.63, 3.8) is 0 Å². The number of alkyl halides is 3. The second-order valence-corrected chi connectivity index (χ2v) is 6.26. The van der Waals surface area contributed by atoms with Crippen LogP contribution in [0.1, 0.15) is 23.6 Å². The number of hydrogen-bond donors (Lipinski definition) is 0. The third kappa shape index (κ3) is 4.27. The molecule has 5 nitrogen and oxygen atoms in total. The summed E-state index contributed by atoms with van der Waals surface area (Å²) < 4.78 is 48.8. The number of benzene rings is 2. The number of carbonyl (C=O) groups excluding carboxylic acids is 2. The Morgan fingerprint density at radius 2 is 1.82 bits per heavy atom. The number of fused-ring (bicyclic) bond motifs is 1. The number of amides is 1. The highest BCUT2D eigenvalue weighted by Crippen LogP contribution is 2.32. The third-order valence-corrected chi connectivity index (χ3v) is 4.41. The zero-order chi connectivity index (χ0) is 20.3. The Labute approximate surface area is 159 Å². The average Bonchev–Trinajstić information content (AvgIpc) is 2.66. The molecule has 0 saturated heterocycles. The van der Waals surface area contributed by atoms with Crippen molar-refractivity contribution in [3.05, 3.63) is 65.2 Å². The summed E-state index contributed by atoms with van der Waals surface area (Å²) in [5.74, 6) is -0.834. The van der Waals surface area contributed by atoms with Crippen LogP contribution < -0.4 is 4.74 Å². The second-order valence-electron chi connectivity index (χ2n) is 6.26. The second kappa shape index (κ2) is 7.92. The third-order valence-electron chi connectivity index (χ3n) is 4.41. The van der Waals surface area contributed by atoms with Crippen molar-refractivity contribution in [2.45, 2.75) is 32.1 Å². The normalized spacial score (nSPS) is 16.3. The molecule has 1 atom stereocenters. The molecule has 0 fully saturated rings. The number of rotatable bonds is 3. The molecule has 8 heteroatoms. The van der Waals surface area contributed by atoms with Gasteiger partial charge in [-0.3, -0.25) is 4.90 Å². The van der Waals surface area contributed by atoms with Crippen LogP contribution in [0.4, 0.5) is 18.0 Å². The molecule has 1 aliphatic heterocycles. The number of hydrogen-bond acceptors (Lipinski definition) is 4. The summed E-state index contributed by atoms with van der Waals surface area (Å²) >= 11 is 0. The molecular formula is C20H18F3NO4. The molecule has 1 aliphatic rings. The molecular weight excluding hydrogens is 375 g/mol. The largest absolute Gasteiger partial charge is 0.464 e. The number of esters is 1. The van der Waals surface area contributed by atoms with E-state index in [1.54, 1.807) is 13.0 Å². The smallest absolute Gasteiger partial charge is 0.416 e. The van der Waals surface area contributed by atoms with Gasteiger partial charge in [-0.25, -0.2) is 9.59 Å². The minimum absolute atomic E-state index is 0.0947. The summed E-state index contributed by atoms with van der Waals surface area (Å²) in [6, 6.07) is 10.4. The maximum Gasteiger partial charge on any atom is 0.416 e. The molecule has 28 heavy (non-hydrogen) atoms. The first-order chi connectivity index (χ1) is 13.3. The van der Waals surface area contributed by atoms with Crippen LogP contribution >= 0.6 is 0 Å². The van der Waals surface area contributed by atoms with Crippen LogP contribution in [-0.2, 0) is 28.7 Å². The Kier molecular flexibility index (Phi) is 5.58. The molecule has 1 amide bonds. The van der Waals surface area contributed by atoms with Gasteiger partial charge in [0.15, 0.2) is 0 Å². The molecule has 0 radical (unpaired) electrons. The fourth-order valence-corrected chi connectivity index (χ4v) is 3.06. The van der Waals surface area contributed by atoms with E-state index in [4.69, 9.17) is 9.47 Å². The first-order valence-electron chi connectivity index (χ1n) is 8.68. The van der Waals surface area contributed by atoms with E-state index in [1.165, 1.54) is 11.0 Å². The van der Waals surface area contributed by atoms with Gasteiger partial charge in [-0.1, -0.05) is 30.3 Å². The van der Waals surface area contributed by atoms with E-state index in [9.17, 15) is 22.8 Å². The van der Waals surface area contributed by atoms with Crippen LogP contribution in [-0.4, -0.2) is 29.6 Å². The highest BCUT2D eigenvalue weighted by molar-refractivity contribution is 5.83. The summed E-state index contributed by atoms with van der Waals surface area (Å²) in [6.07, 6.45) is -5.22. The summed E-state index contributed by atoms with van der Waals surface area (Å²) in [7, 11) is 0. The fraction of sp³-hybridized carbons (Fsp3) is 0.300. The minimum atomic E-state index is -4.56. The van der Waals surface area contributed by atoms with E-state index in [0.29, 0.717) is 0 Å². The van der Waals surface area contributed by atoms with Crippen LogP contribution in [0.25, 0.3) is 0 Å². The Balaban J connectivity index is 1.85. The topological polar surface area (TPSA) is 55.8 Å². The van der Waals surface area contributed by atoms with E-state index in [-0.39, 0.29) is 25.3 Å². The summed E-state index contributed by atoms with van der Waals surface area (Å²) in [4.78, 5) is 26.2. The zero-order valence-corrected chi connectivity index (χ0v) is 15.0. The molecule has 1 heterocycles. The van der Waals surface area contributed by atoms with Crippen molar-refractivity contribution in [2.75, 3.05) is 6.61 Å². The molecule has 0 aromatic heterocycles. The van der Waals surface area contributed by atoms with Crippen molar-refractivity contribution in [1.29, 1.82) is 0 Å². The standard InChI is InChI=1S/C20H18F3NO4/c1-2-27-18(25)17-10-13-6-3-4-7-14(13)12-24(17)19(26)28-16-9-5-8-15(11-16)20(21,22)23/h3-9,11,17H,2,10,12H2,1H3. The lowest BCUT2D eigenvalue weighted by molar-refractivity contribution is -0.149. The summed E-state index contributed by atoms with van der Waals surface area (Å²) in [6.45, 7) is 1.89. The van der Waals surface area contributed by atoms with Gasteiger partial charge >= 0.3 is 18.2 Å². The van der Waals surface area contributed by atoms with Gasteiger partial charge in [-0.15, -0.1) is 0 Å². The van der Waals surface area contributed by atoms with Crippen molar-refractivity contribution < 1.29 is 32.2 Å². The molecule has 2 aromatic rings. The van der Waals surface area contributed by atoms with Gasteiger partial charge in [0.05, 0.1) is 18.7 Å². The van der Waals surface area contributed by atoms with Gasteiger partial charge in [0, 0.05) is 6.42 Å². The van der Waals surface area contributed by atoms with Gasteiger partial charge in [-0.2, -0.15) is 13.2 Å². The lowest BCUT2D eigenvalue weighted by Crippen LogP contribution is -2.50. The number of nitrogens with zero attached hydrogens (tertiary/aromatic N) is 1. The van der Waals surface area contributed by atoms with Gasteiger partial charge in [-0.05, 0) is 36.2 Å². The van der Waals surface area contributed by atoms with Crippen molar-refractivity contribution in [1.82, 2.24) is 4.90 Å². The van der Waals surface area contributed by atoms with Gasteiger partial charge in [0.25, 0.3) is 0 Å². The van der Waals surface area contributed by atoms with Gasteiger partial charge in [0.1, 0.15) is 11.8 Å². The number of halogens is 3.